The van der Waals surface area contributed by atoms with Gasteiger partial charge in [-0.05, 0) is 146 Å². The van der Waals surface area contributed by atoms with E-state index in [1.54, 1.807) is 7.11 Å². The number of amides is 1. The molecule has 0 radical (unpaired) electrons. The predicted molar refractivity (Wildman–Crippen MR) is 178 cm³/mol. The number of hydrogen-bond acceptors (Lipinski definition) is 3. The molecule has 4 nitrogen and oxygen atoms in total. The highest BCUT2D eigenvalue weighted by Gasteiger charge is 2.41. The molecule has 40 heavy (non-hydrogen) atoms. The van der Waals surface area contributed by atoms with E-state index in [1.807, 2.05) is 0 Å². The van der Waals surface area contributed by atoms with Gasteiger partial charge in [-0.1, -0.05) is 39.0 Å². The lowest BCUT2D eigenvalue weighted by Gasteiger charge is -2.41. The molecule has 0 N–H and O–H groups in total. The van der Waals surface area contributed by atoms with Crippen LogP contribution in [0.25, 0.3) is 0 Å². The van der Waals surface area contributed by atoms with E-state index in [0.717, 1.165) is 56.5 Å². The lowest BCUT2D eigenvalue weighted by atomic mass is 9.78. The molecule has 0 bridgehead atoms. The molecule has 0 aromatic heterocycles. The highest BCUT2D eigenvalue weighted by Crippen LogP contribution is 2.41. The van der Waals surface area contributed by atoms with Crippen LogP contribution in [0.15, 0.2) is 42.5 Å². The summed E-state index contributed by atoms with van der Waals surface area (Å²) < 4.78 is 13.4. The normalized spacial score (nSPS) is 24.0. The molecule has 2 fully saturated rings. The van der Waals surface area contributed by atoms with Crippen molar-refractivity contribution in [3.05, 3.63) is 57.2 Å². The number of rotatable bonds is 8. The molecular formula is C34H50INO3Si. The zero-order valence-corrected chi connectivity index (χ0v) is 28.9. The van der Waals surface area contributed by atoms with Crippen LogP contribution in [0, 0.1) is 22.3 Å². The van der Waals surface area contributed by atoms with Crippen molar-refractivity contribution in [1.82, 2.24) is 0 Å². The van der Waals surface area contributed by atoms with Crippen LogP contribution >= 0.6 is 22.6 Å². The molecule has 0 spiro atoms. The fourth-order valence-corrected chi connectivity index (χ4v) is 8.25. The summed E-state index contributed by atoms with van der Waals surface area (Å²) in [6.45, 7) is 14.6. The third kappa shape index (κ3) is 7.71. The van der Waals surface area contributed by atoms with E-state index in [0.29, 0.717) is 23.8 Å². The van der Waals surface area contributed by atoms with Crippen molar-refractivity contribution in [2.75, 3.05) is 18.6 Å². The molecule has 2 aromatic carbocycles. The number of carbonyl (C=O) groups is 1. The molecule has 0 saturated heterocycles. The molecule has 2 saturated carbocycles. The van der Waals surface area contributed by atoms with Crippen LogP contribution in [0.3, 0.4) is 0 Å². The van der Waals surface area contributed by atoms with Crippen molar-refractivity contribution < 1.29 is 14.0 Å². The highest BCUT2D eigenvalue weighted by atomic mass is 127. The van der Waals surface area contributed by atoms with E-state index >= 15 is 0 Å². The van der Waals surface area contributed by atoms with E-state index in [9.17, 15) is 4.79 Å². The Morgan fingerprint density at radius 2 is 1.65 bits per heavy atom. The second kappa shape index (κ2) is 13.3. The molecular weight excluding hydrogens is 625 g/mol. The van der Waals surface area contributed by atoms with Crippen LogP contribution in [0.5, 0.6) is 5.75 Å². The minimum atomic E-state index is -1.79. The van der Waals surface area contributed by atoms with E-state index in [1.165, 1.54) is 27.5 Å². The maximum absolute atomic E-state index is 14.1. The number of hydrogen-bond donors (Lipinski definition) is 0. The second-order valence-electron chi connectivity index (χ2n) is 13.7. The molecule has 0 unspecified atom stereocenters. The number of methoxy groups -OCH3 is 1. The van der Waals surface area contributed by atoms with Crippen LogP contribution in [-0.2, 0) is 9.22 Å². The molecule has 2 aromatic rings. The van der Waals surface area contributed by atoms with E-state index in [2.05, 4.69) is 111 Å². The predicted octanol–water partition coefficient (Wildman–Crippen LogP) is 9.50. The maximum atomic E-state index is 14.1. The number of benzene rings is 2. The molecule has 0 heterocycles. The maximum Gasteiger partial charge on any atom is 0.230 e. The Hall–Kier alpha value is -1.38. The van der Waals surface area contributed by atoms with Gasteiger partial charge in [0.1, 0.15) is 5.75 Å². The first kappa shape index (κ1) is 31.6. The van der Waals surface area contributed by atoms with Gasteiger partial charge >= 0.3 is 0 Å². The van der Waals surface area contributed by atoms with E-state index in [-0.39, 0.29) is 11.0 Å². The fraction of sp³-hybridized carbons (Fsp3) is 0.618. The summed E-state index contributed by atoms with van der Waals surface area (Å²) >= 11 is 2.37. The van der Waals surface area contributed by atoms with Crippen molar-refractivity contribution in [2.24, 2.45) is 11.8 Å². The summed E-state index contributed by atoms with van der Waals surface area (Å²) in [6, 6.07) is 15.2. The molecule has 6 heteroatoms. The number of aryl methyl sites for hydroxylation is 1. The number of nitrogens with zero attached hydrogens (tertiary/aromatic N) is 1. The van der Waals surface area contributed by atoms with Gasteiger partial charge in [0, 0.05) is 27.8 Å². The van der Waals surface area contributed by atoms with Crippen molar-refractivity contribution in [2.45, 2.75) is 109 Å². The minimum Gasteiger partial charge on any atom is -0.496 e. The average Bonchev–Trinajstić information content (AvgIpc) is 2.91. The minimum absolute atomic E-state index is 0.0933. The van der Waals surface area contributed by atoms with Crippen molar-refractivity contribution in [3.8, 4) is 5.75 Å². The number of anilines is 1. The first-order valence-corrected chi connectivity index (χ1v) is 19.3. The monoisotopic (exact) mass is 675 g/mol. The molecule has 1 amide bonds. The lowest BCUT2D eigenvalue weighted by Crippen LogP contribution is -2.46. The van der Waals surface area contributed by atoms with Gasteiger partial charge < -0.3 is 14.1 Å². The smallest absolute Gasteiger partial charge is 0.230 e. The average molecular weight is 676 g/mol. The van der Waals surface area contributed by atoms with Gasteiger partial charge in [0.25, 0.3) is 0 Å². The number of ether oxygens (including phenoxy) is 1. The zero-order chi connectivity index (χ0) is 29.1. The van der Waals surface area contributed by atoms with Crippen molar-refractivity contribution in [3.63, 3.8) is 0 Å². The summed E-state index contributed by atoms with van der Waals surface area (Å²) in [5.41, 5.74) is 3.70. The third-order valence-corrected chi connectivity index (χ3v) is 15.1. The highest BCUT2D eigenvalue weighted by molar-refractivity contribution is 14.1. The summed E-state index contributed by atoms with van der Waals surface area (Å²) in [6.07, 6.45) is 8.84. The van der Waals surface area contributed by atoms with Gasteiger partial charge in [0.15, 0.2) is 8.32 Å². The lowest BCUT2D eigenvalue weighted by molar-refractivity contribution is -0.124. The van der Waals surface area contributed by atoms with E-state index < -0.39 is 8.32 Å². The Bertz CT molecular complexity index is 1140. The van der Waals surface area contributed by atoms with Gasteiger partial charge in [0.05, 0.1) is 7.11 Å². The van der Waals surface area contributed by atoms with Crippen LogP contribution in [-0.4, -0.2) is 34.0 Å². The molecule has 220 valence electrons. The van der Waals surface area contributed by atoms with Gasteiger partial charge in [-0.3, -0.25) is 4.79 Å². The van der Waals surface area contributed by atoms with Gasteiger partial charge in [-0.15, -0.1) is 0 Å². The van der Waals surface area contributed by atoms with Gasteiger partial charge in [-0.2, -0.15) is 0 Å². The Morgan fingerprint density at radius 1 is 0.975 bits per heavy atom. The quantitative estimate of drug-likeness (QED) is 0.207. The van der Waals surface area contributed by atoms with Gasteiger partial charge in [0.2, 0.25) is 5.91 Å². The fourth-order valence-electron chi connectivity index (χ4n) is 6.30. The van der Waals surface area contributed by atoms with Crippen LogP contribution in [0.4, 0.5) is 5.69 Å². The molecule has 0 aliphatic heterocycles. The largest absolute Gasteiger partial charge is 0.496 e. The van der Waals surface area contributed by atoms with Crippen LogP contribution < -0.4 is 9.64 Å². The number of carbonyl (C=O) groups excluding carboxylic acids is 1. The first-order chi connectivity index (χ1) is 18.9. The van der Waals surface area contributed by atoms with Crippen LogP contribution in [0.2, 0.25) is 18.1 Å². The van der Waals surface area contributed by atoms with Gasteiger partial charge in [-0.25, -0.2) is 0 Å². The summed E-state index contributed by atoms with van der Waals surface area (Å²) in [5, 5.41) is 0.214. The summed E-state index contributed by atoms with van der Waals surface area (Å²) in [7, 11) is -0.0537. The second-order valence-corrected chi connectivity index (χ2v) is 19.7. The third-order valence-electron chi connectivity index (χ3n) is 9.85. The Balaban J connectivity index is 1.40. The zero-order valence-electron chi connectivity index (χ0n) is 25.8. The number of halogens is 1. The summed E-state index contributed by atoms with van der Waals surface area (Å²) in [5.74, 6) is 2.51. The SMILES string of the molecule is COc1ccc([C@H]2CC[C@H](CN(c3cccc(I)c3)C(=O)[C@H]3CC[C@H](O[Si](C)(C)C(C)(C)C)CC3)CC2)cc1C. The standard InChI is InChI=1S/C34H50INO3Si/c1-24-21-28(17-20-32(24)38-5)26-13-11-25(12-14-26)23-36(30-10-8-9-29(35)22-30)33(37)27-15-18-31(19-16-27)39-40(6,7)34(2,3)4/h8-10,17,20-22,25-27,31H,11-16,18-19,23H2,1-7H3/t25-,26-,27-,31-. The first-order valence-electron chi connectivity index (χ1n) is 15.3. The Morgan fingerprint density at radius 3 is 2.23 bits per heavy atom. The Kier molecular flexibility index (Phi) is 10.5. The van der Waals surface area contributed by atoms with Crippen molar-refractivity contribution in [1.29, 1.82) is 0 Å². The summed E-state index contributed by atoms with van der Waals surface area (Å²) in [4.78, 5) is 16.2. The molecule has 2 aliphatic rings. The molecule has 0 atom stereocenters. The van der Waals surface area contributed by atoms with Crippen molar-refractivity contribution >= 4 is 42.5 Å². The molecule has 4 rings (SSSR count). The Labute approximate surface area is 257 Å². The van der Waals surface area contributed by atoms with Crippen LogP contribution in [0.1, 0.15) is 89.2 Å². The topological polar surface area (TPSA) is 38.8 Å². The van der Waals surface area contributed by atoms with E-state index in [4.69, 9.17) is 9.16 Å². The molecule has 2 aliphatic carbocycles.